The fourth-order valence-corrected chi connectivity index (χ4v) is 20.3. The molecule has 27 nitrogen and oxygen atoms in total. The summed E-state index contributed by atoms with van der Waals surface area (Å²) in [6.45, 7) is 27.1. The molecule has 0 spiro atoms. The van der Waals surface area contributed by atoms with E-state index in [1.807, 2.05) is 27.7 Å². The van der Waals surface area contributed by atoms with E-state index in [0.717, 1.165) is 0 Å². The second-order valence-corrected chi connectivity index (χ2v) is 35.0. The van der Waals surface area contributed by atoms with Crippen LogP contribution in [0, 0.1) is 78.8 Å². The van der Waals surface area contributed by atoms with Gasteiger partial charge in [-0.15, -0.1) is 0 Å². The fraction of sp³-hybridized carbons (Fsp3) is 0.773. The maximum Gasteiger partial charge on any atom is 0.259 e. The Morgan fingerprint density at radius 3 is 1.28 bits per heavy atom. The number of fused-ring (bicyclic) bond motifs is 10. The number of rotatable bonds is 28. The molecule has 15 N–H and O–H groups in total. The van der Waals surface area contributed by atoms with Crippen LogP contribution in [-0.4, -0.2) is 199 Å². The van der Waals surface area contributed by atoms with E-state index >= 15 is 8.78 Å². The molecule has 6 saturated carbocycles. The van der Waals surface area contributed by atoms with Crippen LogP contribution in [-0.2, 0) is 47.9 Å². The topological polar surface area (TPSA) is 433 Å². The lowest BCUT2D eigenvalue weighted by atomic mass is 9.44. The highest BCUT2D eigenvalue weighted by Crippen LogP contribution is 2.73. The van der Waals surface area contributed by atoms with Crippen molar-refractivity contribution in [2.75, 3.05) is 45.9 Å². The van der Waals surface area contributed by atoms with Crippen LogP contribution >= 0.6 is 0 Å². The molecule has 8 aliphatic rings. The van der Waals surface area contributed by atoms with Gasteiger partial charge in [0.1, 0.15) is 17.8 Å². The predicted octanol–water partition coefficient (Wildman–Crippen LogP) is 9.86. The summed E-state index contributed by atoms with van der Waals surface area (Å²) in [4.78, 5) is 127. The van der Waals surface area contributed by atoms with Gasteiger partial charge in [0.2, 0.25) is 35.4 Å². The molecule has 676 valence electrons. The van der Waals surface area contributed by atoms with Gasteiger partial charge in [-0.25, -0.2) is 19.6 Å². The minimum Gasteiger partial charge on any atom is -0.392 e. The number of halogens is 2. The van der Waals surface area contributed by atoms with Crippen LogP contribution in [0.4, 0.5) is 8.78 Å². The van der Waals surface area contributed by atoms with Gasteiger partial charge < -0.3 is 67.6 Å². The van der Waals surface area contributed by atoms with E-state index < -0.39 is 188 Å². The third kappa shape index (κ3) is 21.1. The minimum absolute atomic E-state index is 0. The maximum absolute atomic E-state index is 17.6. The zero-order valence-corrected chi connectivity index (χ0v) is 66.2. The molecule has 0 aromatic carbocycles. The van der Waals surface area contributed by atoms with Gasteiger partial charge >= 0.3 is 0 Å². The van der Waals surface area contributed by atoms with E-state index in [1.54, 1.807) is 114 Å². The normalized spacial score (nSPS) is 32.5. The van der Waals surface area contributed by atoms with Crippen molar-refractivity contribution in [1.82, 2.24) is 42.8 Å². The molecule has 0 aromatic heterocycles. The number of nitrogens with zero attached hydrogens (tertiary/aromatic N) is 2. The monoisotopic (exact) mass is 1670 g/mol. The molecule has 0 aromatic rings. The number of aliphatic hydroxyl groups excluding tert-OH is 5. The van der Waals surface area contributed by atoms with Crippen molar-refractivity contribution in [2.24, 2.45) is 89.0 Å². The second kappa shape index (κ2) is 42.5. The third-order valence-corrected chi connectivity index (χ3v) is 26.8. The molecule has 8 aliphatic carbocycles. The van der Waals surface area contributed by atoms with Gasteiger partial charge in [-0.1, -0.05) is 180 Å². The largest absolute Gasteiger partial charge is 0.392 e. The van der Waals surface area contributed by atoms with Crippen molar-refractivity contribution in [3.8, 4) is 0 Å². The average Bonchev–Trinajstić information content (AvgIpc) is 1.60. The number of nitrogens with one attached hydrogen (secondary N) is 8. The van der Waals surface area contributed by atoms with Crippen LogP contribution in [0.25, 0.3) is 0 Å². The molecule has 8 rings (SSSR count). The first kappa shape index (κ1) is 114. The molecule has 0 radical (unpaired) electrons. The van der Waals surface area contributed by atoms with E-state index in [4.69, 9.17) is 0 Å². The highest BCUT2D eigenvalue weighted by molar-refractivity contribution is 6.06. The number of Topliss-reactive ketones (excluding diaryl/α,β-unsaturated/α-hetero) is 1. The van der Waals surface area contributed by atoms with Crippen LogP contribution in [0.3, 0.4) is 0 Å². The number of allylic oxidation sites excluding steroid dienone is 8. The Morgan fingerprint density at radius 1 is 0.530 bits per heavy atom. The molecule has 29 heteroatoms. The second-order valence-electron chi connectivity index (χ2n) is 35.0. The molecular weight excluding hydrogens is 1510 g/mol. The molecular formula is C88H158F2N10O17. The molecule has 117 heavy (non-hydrogen) atoms. The number of carbonyl (C=O) groups excluding carboxylic acids is 10. The van der Waals surface area contributed by atoms with Gasteiger partial charge in [-0.2, -0.15) is 10.2 Å². The molecule has 0 aliphatic heterocycles. The summed E-state index contributed by atoms with van der Waals surface area (Å²) >= 11 is 0. The summed E-state index contributed by atoms with van der Waals surface area (Å²) in [5, 5.41) is 100. The lowest BCUT2D eigenvalue weighted by Crippen LogP contribution is -2.69. The van der Waals surface area contributed by atoms with Gasteiger partial charge in [-0.05, 0) is 159 Å². The Kier molecular flexibility index (Phi) is 41.4. The Hall–Kier alpha value is -7.02. The fourth-order valence-electron chi connectivity index (χ4n) is 20.3. The number of carbonyl (C=O) groups is 10. The molecule has 6 fully saturated rings. The summed E-state index contributed by atoms with van der Waals surface area (Å²) < 4.78 is 35.2. The van der Waals surface area contributed by atoms with E-state index in [2.05, 4.69) is 53.0 Å². The summed E-state index contributed by atoms with van der Waals surface area (Å²) in [7, 11) is 0. The van der Waals surface area contributed by atoms with E-state index in [1.165, 1.54) is 12.2 Å². The molecule has 0 heterocycles. The van der Waals surface area contributed by atoms with Gasteiger partial charge in [0.15, 0.2) is 22.9 Å². The SMILES string of the molecule is C.C.C.C.C.C.C.C.C.CCC(=NNC(=O)CNC(=O)CNC(=O)C(C)(C)CC(C)(CC)C(=O)NCC(C)O)C1(O)C(C)CC2C3CCC4=CC(=O)C=CC4(C)C3(F)C(O)CC21C.CCC(C)(CC(C)(C)C(=O)NCC(=O)NCC(=O)NN=C1C=CC2(C)C(=C1)CCC1C3CC(C)C(O)(C(=O)CO)C3(C)CC(O)C12F)C(=O)NCC(C)O. The first-order valence-corrected chi connectivity index (χ1v) is 38.4. The van der Waals surface area contributed by atoms with Crippen molar-refractivity contribution >= 4 is 70.2 Å². The predicted molar refractivity (Wildman–Crippen MR) is 460 cm³/mol. The standard InChI is InChI=1S/C40H62FN5O8.C39H60FN5O9.9CH4/c1-10-29(45-46-32(51)21-42-31(50)20-44-33(52)35(5,6)22-36(7,11-2)34(53)43-19-24(4)47)40(54)23(3)16-28-27-13-12-25-17-26(48)14-15-37(25,8)39(27,41)30(49)18-38(28,40)9;1-9-35(6,33(53)42-17-23(3)47)21-34(4,5)32(52)43-18-30(50)41-19-31(51)45-44-25-12-13-36(7)24(15-25)10-11-26-27-14-22(2)39(54,29(49)20-46)37(27,8)16-28(48)38(26,36)40;;;;;;;;;/h14-15,17,23-24,27-28,30,47,49,54H,10-13,16,18-22H2,1-9H3,(H,42,50)(H,43,53)(H,44,52)(H,46,51);12-13,15,22-23,26-28,46-48,54H,9-11,14,16-21H2,1-8H3,(H,41,50)(H,42,53)(H,43,52)(H,45,51);9*1H4. The summed E-state index contributed by atoms with van der Waals surface area (Å²) in [5.41, 5.74) is -9.10. The molecule has 20 atom stereocenters. The van der Waals surface area contributed by atoms with E-state index in [0.29, 0.717) is 68.2 Å². The first-order valence-electron chi connectivity index (χ1n) is 38.4. The van der Waals surface area contributed by atoms with Crippen LogP contribution in [0.15, 0.2) is 57.8 Å². The Bertz CT molecular complexity index is 3690. The van der Waals surface area contributed by atoms with Gasteiger partial charge in [0, 0.05) is 68.2 Å². The number of hydrogen-bond donors (Lipinski definition) is 15. The number of alkyl halides is 2. The van der Waals surface area contributed by atoms with Crippen LogP contribution in [0.1, 0.15) is 268 Å². The summed E-state index contributed by atoms with van der Waals surface area (Å²) in [6.07, 6.45) is 8.92. The molecule has 0 bridgehead atoms. The Morgan fingerprint density at radius 2 is 0.897 bits per heavy atom. The molecule has 0 saturated heterocycles. The Labute approximate surface area is 699 Å². The number of hydrogen-bond acceptors (Lipinski definition) is 19. The zero-order chi connectivity index (χ0) is 81.3. The smallest absolute Gasteiger partial charge is 0.259 e. The highest BCUT2D eigenvalue weighted by atomic mass is 19.1. The van der Waals surface area contributed by atoms with Crippen molar-refractivity contribution in [2.45, 2.75) is 315 Å². The number of aliphatic hydroxyl groups is 7. The first-order chi connectivity index (χ1) is 49.9. The van der Waals surface area contributed by atoms with Crippen LogP contribution < -0.4 is 42.8 Å². The average molecular weight is 1670 g/mol. The summed E-state index contributed by atoms with van der Waals surface area (Å²) in [5.74, 6) is -7.79. The minimum atomic E-state index is -2.11. The van der Waals surface area contributed by atoms with Gasteiger partial charge in [0.25, 0.3) is 11.8 Å². The van der Waals surface area contributed by atoms with Gasteiger partial charge in [-0.3, -0.25) is 47.9 Å². The maximum atomic E-state index is 17.6. The van der Waals surface area contributed by atoms with E-state index in [-0.39, 0.29) is 147 Å². The lowest BCUT2D eigenvalue weighted by Gasteiger charge is -2.62. The van der Waals surface area contributed by atoms with Crippen molar-refractivity contribution in [1.29, 1.82) is 0 Å². The highest BCUT2D eigenvalue weighted by Gasteiger charge is 2.77. The van der Waals surface area contributed by atoms with Crippen molar-refractivity contribution in [3.63, 3.8) is 0 Å². The lowest BCUT2D eigenvalue weighted by molar-refractivity contribution is -0.219. The Balaban J connectivity index is -0.00000206. The van der Waals surface area contributed by atoms with Crippen LogP contribution in [0.2, 0.25) is 0 Å². The quantitative estimate of drug-likeness (QED) is 0.0256. The number of amides is 8. The zero-order valence-electron chi connectivity index (χ0n) is 66.2. The van der Waals surface area contributed by atoms with Crippen LogP contribution in [0.5, 0.6) is 0 Å². The van der Waals surface area contributed by atoms with Gasteiger partial charge in [0.05, 0.1) is 62.0 Å². The van der Waals surface area contributed by atoms with E-state index in [9.17, 15) is 83.7 Å². The molecule has 20 unspecified atom stereocenters. The summed E-state index contributed by atoms with van der Waals surface area (Å²) in [6, 6.07) is 0. The number of ketones is 2. The van der Waals surface area contributed by atoms with Crippen molar-refractivity contribution < 1.29 is 92.5 Å². The van der Waals surface area contributed by atoms with Crippen molar-refractivity contribution in [3.05, 3.63) is 47.6 Å². The third-order valence-electron chi connectivity index (χ3n) is 26.8. The molecule has 8 amide bonds. The number of hydrazone groups is 2.